The topological polar surface area (TPSA) is 54.9 Å². The van der Waals surface area contributed by atoms with Crippen LogP contribution in [-0.4, -0.2) is 60.1 Å². The standard InChI is InChI=1S/C19H25N3O3S/c1-3-24-17-6-4-5-7-18(17)25-13-19(23)22-10-8-21(9-11-22)12-16-14-26-15(2)20-16/h4-7,14H,3,8-13H2,1-2H3. The highest BCUT2D eigenvalue weighted by Gasteiger charge is 2.22. The lowest BCUT2D eigenvalue weighted by Crippen LogP contribution is -2.49. The molecule has 140 valence electrons. The van der Waals surface area contributed by atoms with Gasteiger partial charge in [0.15, 0.2) is 18.1 Å². The van der Waals surface area contributed by atoms with E-state index in [4.69, 9.17) is 9.47 Å². The maximum atomic E-state index is 12.4. The molecular formula is C19H25N3O3S. The minimum absolute atomic E-state index is 0.0143. The molecule has 1 aliphatic heterocycles. The van der Waals surface area contributed by atoms with Gasteiger partial charge in [-0.2, -0.15) is 0 Å². The van der Waals surface area contributed by atoms with E-state index >= 15 is 0 Å². The molecule has 0 atom stereocenters. The molecule has 1 aromatic heterocycles. The van der Waals surface area contributed by atoms with E-state index in [0.717, 1.165) is 43.4 Å². The van der Waals surface area contributed by atoms with Crippen LogP contribution in [-0.2, 0) is 11.3 Å². The molecule has 0 aliphatic carbocycles. The second-order valence-electron chi connectivity index (χ2n) is 6.18. The number of piperazine rings is 1. The van der Waals surface area contributed by atoms with Gasteiger partial charge in [0.1, 0.15) is 0 Å². The quantitative estimate of drug-likeness (QED) is 0.744. The van der Waals surface area contributed by atoms with Gasteiger partial charge in [-0.05, 0) is 26.0 Å². The van der Waals surface area contributed by atoms with Crippen molar-refractivity contribution in [3.63, 3.8) is 0 Å². The van der Waals surface area contributed by atoms with Crippen LogP contribution < -0.4 is 9.47 Å². The van der Waals surface area contributed by atoms with Crippen LogP contribution in [0.5, 0.6) is 11.5 Å². The summed E-state index contributed by atoms with van der Waals surface area (Å²) in [6.07, 6.45) is 0. The normalized spacial score (nSPS) is 15.1. The maximum absolute atomic E-state index is 12.4. The van der Waals surface area contributed by atoms with Crippen molar-refractivity contribution < 1.29 is 14.3 Å². The maximum Gasteiger partial charge on any atom is 0.260 e. The first-order valence-electron chi connectivity index (χ1n) is 8.91. The Hall–Kier alpha value is -2.12. The van der Waals surface area contributed by atoms with Gasteiger partial charge in [0.25, 0.3) is 5.91 Å². The van der Waals surface area contributed by atoms with E-state index in [1.54, 1.807) is 11.3 Å². The zero-order chi connectivity index (χ0) is 18.4. The summed E-state index contributed by atoms with van der Waals surface area (Å²) in [5.41, 5.74) is 1.11. The average molecular weight is 375 g/mol. The van der Waals surface area contributed by atoms with Crippen LogP contribution in [0.2, 0.25) is 0 Å². The molecule has 1 fully saturated rings. The van der Waals surface area contributed by atoms with Gasteiger partial charge >= 0.3 is 0 Å². The molecule has 1 saturated heterocycles. The van der Waals surface area contributed by atoms with Gasteiger partial charge in [0.05, 0.1) is 17.3 Å². The number of carbonyl (C=O) groups excluding carboxylic acids is 1. The van der Waals surface area contributed by atoms with Crippen molar-refractivity contribution in [2.45, 2.75) is 20.4 Å². The zero-order valence-corrected chi connectivity index (χ0v) is 16.1. The van der Waals surface area contributed by atoms with Crippen LogP contribution >= 0.6 is 11.3 Å². The summed E-state index contributed by atoms with van der Waals surface area (Å²) in [5.74, 6) is 1.30. The smallest absolute Gasteiger partial charge is 0.260 e. The predicted octanol–water partition coefficient (Wildman–Crippen LogP) is 2.57. The first-order valence-corrected chi connectivity index (χ1v) is 9.79. The van der Waals surface area contributed by atoms with Crippen LogP contribution in [0.3, 0.4) is 0 Å². The summed E-state index contributed by atoms with van der Waals surface area (Å²) in [7, 11) is 0. The van der Waals surface area contributed by atoms with Crippen molar-refractivity contribution in [1.29, 1.82) is 0 Å². The summed E-state index contributed by atoms with van der Waals surface area (Å²) < 4.78 is 11.2. The molecule has 0 radical (unpaired) electrons. The van der Waals surface area contributed by atoms with Crippen LogP contribution in [0.4, 0.5) is 0 Å². The number of amides is 1. The molecule has 1 aromatic carbocycles. The monoisotopic (exact) mass is 375 g/mol. The minimum Gasteiger partial charge on any atom is -0.490 e. The van der Waals surface area contributed by atoms with Gasteiger partial charge in [0, 0.05) is 38.1 Å². The Bertz CT molecular complexity index is 726. The van der Waals surface area contributed by atoms with Gasteiger partial charge < -0.3 is 14.4 Å². The van der Waals surface area contributed by atoms with E-state index in [0.29, 0.717) is 18.1 Å². The number of hydrogen-bond acceptors (Lipinski definition) is 6. The van der Waals surface area contributed by atoms with Gasteiger partial charge in [-0.3, -0.25) is 9.69 Å². The second-order valence-corrected chi connectivity index (χ2v) is 7.25. The molecule has 26 heavy (non-hydrogen) atoms. The number of para-hydroxylation sites is 2. The Morgan fingerprint density at radius 2 is 1.85 bits per heavy atom. The highest BCUT2D eigenvalue weighted by molar-refractivity contribution is 7.09. The lowest BCUT2D eigenvalue weighted by Gasteiger charge is -2.34. The molecule has 2 aromatic rings. The van der Waals surface area contributed by atoms with E-state index in [1.807, 2.05) is 43.0 Å². The molecule has 1 amide bonds. The van der Waals surface area contributed by atoms with Crippen molar-refractivity contribution >= 4 is 17.2 Å². The Morgan fingerprint density at radius 1 is 1.15 bits per heavy atom. The fourth-order valence-electron chi connectivity index (χ4n) is 2.94. The number of thiazole rings is 1. The van der Waals surface area contributed by atoms with E-state index in [2.05, 4.69) is 15.3 Å². The van der Waals surface area contributed by atoms with Crippen molar-refractivity contribution in [1.82, 2.24) is 14.8 Å². The number of hydrogen-bond donors (Lipinski definition) is 0. The third kappa shape index (κ3) is 4.95. The highest BCUT2D eigenvalue weighted by Crippen LogP contribution is 2.26. The summed E-state index contributed by atoms with van der Waals surface area (Å²) in [6.45, 7) is 8.56. The lowest BCUT2D eigenvalue weighted by molar-refractivity contribution is -0.135. The molecule has 0 bridgehead atoms. The van der Waals surface area contributed by atoms with Gasteiger partial charge in [0.2, 0.25) is 0 Å². The van der Waals surface area contributed by atoms with Gasteiger partial charge in [-0.25, -0.2) is 4.98 Å². The van der Waals surface area contributed by atoms with E-state index < -0.39 is 0 Å². The van der Waals surface area contributed by atoms with E-state index in [9.17, 15) is 4.79 Å². The van der Waals surface area contributed by atoms with Gasteiger partial charge in [-0.1, -0.05) is 12.1 Å². The molecular weight excluding hydrogens is 350 g/mol. The summed E-state index contributed by atoms with van der Waals surface area (Å²) in [6, 6.07) is 7.44. The fraction of sp³-hybridized carbons (Fsp3) is 0.474. The number of rotatable bonds is 7. The van der Waals surface area contributed by atoms with Crippen molar-refractivity contribution in [3.05, 3.63) is 40.3 Å². The third-order valence-corrected chi connectivity index (χ3v) is 5.10. The molecule has 0 spiro atoms. The van der Waals surface area contributed by atoms with E-state index in [-0.39, 0.29) is 12.5 Å². The highest BCUT2D eigenvalue weighted by atomic mass is 32.1. The number of carbonyl (C=O) groups is 1. The first kappa shape index (κ1) is 18.7. The van der Waals surface area contributed by atoms with Crippen LogP contribution in [0, 0.1) is 6.92 Å². The number of benzene rings is 1. The summed E-state index contributed by atoms with van der Waals surface area (Å²) >= 11 is 1.68. The Balaban J connectivity index is 1.45. The molecule has 0 unspecified atom stereocenters. The molecule has 1 aliphatic rings. The summed E-state index contributed by atoms with van der Waals surface area (Å²) in [4.78, 5) is 21.2. The second kappa shape index (κ2) is 9.00. The van der Waals surface area contributed by atoms with Gasteiger partial charge in [-0.15, -0.1) is 11.3 Å². The third-order valence-electron chi connectivity index (χ3n) is 4.28. The van der Waals surface area contributed by atoms with Crippen LogP contribution in [0.15, 0.2) is 29.6 Å². The Morgan fingerprint density at radius 3 is 2.46 bits per heavy atom. The molecule has 6 nitrogen and oxygen atoms in total. The fourth-order valence-corrected chi connectivity index (χ4v) is 3.54. The lowest BCUT2D eigenvalue weighted by atomic mass is 10.3. The van der Waals surface area contributed by atoms with Crippen molar-refractivity contribution in [2.75, 3.05) is 39.4 Å². The molecule has 0 saturated carbocycles. The number of ether oxygens (including phenoxy) is 2. The SMILES string of the molecule is CCOc1ccccc1OCC(=O)N1CCN(Cc2csc(C)n2)CC1. The average Bonchev–Trinajstić information content (AvgIpc) is 3.06. The number of nitrogens with zero attached hydrogens (tertiary/aromatic N) is 3. The Labute approximate surface area is 158 Å². The van der Waals surface area contributed by atoms with Crippen LogP contribution in [0.25, 0.3) is 0 Å². The predicted molar refractivity (Wildman–Crippen MR) is 102 cm³/mol. The van der Waals surface area contributed by atoms with E-state index in [1.165, 1.54) is 0 Å². The van der Waals surface area contributed by atoms with Crippen molar-refractivity contribution in [3.8, 4) is 11.5 Å². The molecule has 2 heterocycles. The zero-order valence-electron chi connectivity index (χ0n) is 15.3. The molecule has 7 heteroatoms. The first-order chi connectivity index (χ1) is 12.7. The number of aromatic nitrogens is 1. The largest absolute Gasteiger partial charge is 0.490 e. The Kier molecular flexibility index (Phi) is 6.46. The van der Waals surface area contributed by atoms with Crippen LogP contribution in [0.1, 0.15) is 17.6 Å². The minimum atomic E-state index is 0.0143. The molecule has 0 N–H and O–H groups in total. The van der Waals surface area contributed by atoms with Crippen molar-refractivity contribution in [2.24, 2.45) is 0 Å². The number of aryl methyl sites for hydroxylation is 1. The summed E-state index contributed by atoms with van der Waals surface area (Å²) in [5, 5.41) is 3.20. The molecule has 3 rings (SSSR count).